The van der Waals surface area contributed by atoms with Gasteiger partial charge in [0, 0.05) is 6.61 Å². The van der Waals surface area contributed by atoms with E-state index in [9.17, 15) is 25.5 Å². The lowest BCUT2D eigenvalue weighted by atomic mass is 10.0. The SMILES string of the molecule is CCCCCCCCCCCCCCCCOCC(O)C[N+](C)(C)CC(O)C(O)C(O)C(O)CO. The van der Waals surface area contributed by atoms with Gasteiger partial charge >= 0.3 is 0 Å². The maximum atomic E-state index is 10.3. The van der Waals surface area contributed by atoms with E-state index in [4.69, 9.17) is 9.84 Å². The standard InChI is InChI=1S/C27H58NO7/c1-4-5-6-7-8-9-10-11-12-13-14-15-16-17-18-35-22-23(30)19-28(2,3)20-24(31)26(33)27(34)25(32)21-29/h23-27,29-34H,4-22H2,1-3H3/q+1. The van der Waals surface area contributed by atoms with E-state index in [1.807, 2.05) is 0 Å². The lowest BCUT2D eigenvalue weighted by Crippen LogP contribution is -2.56. The molecule has 5 unspecified atom stereocenters. The minimum atomic E-state index is -1.65. The maximum absolute atomic E-state index is 10.3. The van der Waals surface area contributed by atoms with Crippen LogP contribution in [0.1, 0.15) is 96.8 Å². The van der Waals surface area contributed by atoms with Crippen LogP contribution in [-0.4, -0.2) is 113 Å². The number of ether oxygens (including phenoxy) is 1. The molecule has 0 aromatic rings. The number of hydrogen-bond acceptors (Lipinski definition) is 7. The molecule has 0 aliphatic carbocycles. The lowest BCUT2D eigenvalue weighted by molar-refractivity contribution is -0.897. The van der Waals surface area contributed by atoms with Crippen molar-refractivity contribution in [3.05, 3.63) is 0 Å². The Kier molecular flexibility index (Phi) is 21.5. The fourth-order valence-electron chi connectivity index (χ4n) is 4.49. The molecule has 0 rings (SSSR count). The van der Waals surface area contributed by atoms with Gasteiger partial charge in [0.25, 0.3) is 0 Å². The van der Waals surface area contributed by atoms with Crippen LogP contribution < -0.4 is 0 Å². The number of nitrogens with zero attached hydrogens (tertiary/aromatic N) is 1. The Morgan fingerprint density at radius 3 is 1.49 bits per heavy atom. The molecule has 0 saturated heterocycles. The third-order valence-corrected chi connectivity index (χ3v) is 6.66. The van der Waals surface area contributed by atoms with E-state index in [1.165, 1.54) is 77.0 Å². The Balaban J connectivity index is 3.70. The molecule has 0 saturated carbocycles. The first kappa shape index (κ1) is 34.7. The molecule has 0 aliphatic heterocycles. The highest BCUT2D eigenvalue weighted by Crippen LogP contribution is 2.13. The van der Waals surface area contributed by atoms with E-state index in [2.05, 4.69) is 6.92 Å². The van der Waals surface area contributed by atoms with Crippen molar-refractivity contribution < 1.29 is 39.9 Å². The molecular formula is C27H58NO7+. The Morgan fingerprint density at radius 1 is 0.600 bits per heavy atom. The zero-order valence-corrected chi connectivity index (χ0v) is 22.9. The van der Waals surface area contributed by atoms with Gasteiger partial charge in [-0.3, -0.25) is 0 Å². The van der Waals surface area contributed by atoms with Crippen LogP contribution in [0.3, 0.4) is 0 Å². The molecule has 8 nitrogen and oxygen atoms in total. The largest absolute Gasteiger partial charge is 0.394 e. The van der Waals surface area contributed by atoms with E-state index >= 15 is 0 Å². The zero-order chi connectivity index (χ0) is 26.5. The van der Waals surface area contributed by atoms with Crippen molar-refractivity contribution in [2.45, 2.75) is 127 Å². The molecule has 0 aromatic carbocycles. The van der Waals surface area contributed by atoms with Crippen LogP contribution in [0.2, 0.25) is 0 Å². The summed E-state index contributed by atoms with van der Waals surface area (Å²) in [5.74, 6) is 0. The van der Waals surface area contributed by atoms with Gasteiger partial charge in [-0.25, -0.2) is 0 Å². The van der Waals surface area contributed by atoms with Crippen LogP contribution in [0.5, 0.6) is 0 Å². The minimum absolute atomic E-state index is 0.0619. The predicted octanol–water partition coefficient (Wildman–Crippen LogP) is 2.36. The van der Waals surface area contributed by atoms with Gasteiger partial charge in [0.05, 0.1) is 27.3 Å². The highest BCUT2D eigenvalue weighted by molar-refractivity contribution is 4.80. The molecule has 0 radical (unpaired) electrons. The van der Waals surface area contributed by atoms with Crippen LogP contribution in [0, 0.1) is 0 Å². The summed E-state index contributed by atoms with van der Waals surface area (Å²) in [7, 11) is 3.59. The maximum Gasteiger partial charge on any atom is 0.131 e. The first-order valence-electron chi connectivity index (χ1n) is 14.1. The molecule has 0 amide bonds. The van der Waals surface area contributed by atoms with Gasteiger partial charge in [-0.1, -0.05) is 90.4 Å². The average molecular weight is 509 g/mol. The van der Waals surface area contributed by atoms with Crippen LogP contribution in [0.25, 0.3) is 0 Å². The third-order valence-electron chi connectivity index (χ3n) is 6.66. The Labute approximate surface area is 214 Å². The number of unbranched alkanes of at least 4 members (excludes halogenated alkanes) is 13. The first-order chi connectivity index (χ1) is 16.6. The number of hydrogen-bond donors (Lipinski definition) is 6. The Bertz CT molecular complexity index is 467. The van der Waals surface area contributed by atoms with Crippen molar-refractivity contribution in [3.8, 4) is 0 Å². The summed E-state index contributed by atoms with van der Waals surface area (Å²) in [4.78, 5) is 0. The molecule has 0 aliphatic rings. The smallest absolute Gasteiger partial charge is 0.131 e. The Morgan fingerprint density at radius 2 is 1.03 bits per heavy atom. The van der Waals surface area contributed by atoms with Gasteiger partial charge < -0.3 is 39.9 Å². The summed E-state index contributed by atoms with van der Waals surface area (Å²) in [5.41, 5.74) is 0. The molecule has 0 spiro atoms. The number of quaternary nitrogens is 1. The van der Waals surface area contributed by atoms with Crippen molar-refractivity contribution in [3.63, 3.8) is 0 Å². The van der Waals surface area contributed by atoms with E-state index < -0.39 is 37.1 Å². The minimum Gasteiger partial charge on any atom is -0.394 e. The molecule has 8 heteroatoms. The van der Waals surface area contributed by atoms with Crippen molar-refractivity contribution >= 4 is 0 Å². The first-order valence-corrected chi connectivity index (χ1v) is 14.1. The van der Waals surface area contributed by atoms with Gasteiger partial charge in [-0.2, -0.15) is 0 Å². The highest BCUT2D eigenvalue weighted by atomic mass is 16.5. The molecule has 0 fully saturated rings. The fourth-order valence-corrected chi connectivity index (χ4v) is 4.49. The van der Waals surface area contributed by atoms with E-state index in [0.717, 1.165) is 12.8 Å². The van der Waals surface area contributed by atoms with Crippen molar-refractivity contribution in [2.24, 2.45) is 0 Å². The summed E-state index contributed by atoms with van der Waals surface area (Å²) < 4.78 is 5.81. The summed E-state index contributed by atoms with van der Waals surface area (Å²) in [5, 5.41) is 58.5. The summed E-state index contributed by atoms with van der Waals surface area (Å²) in [6, 6.07) is 0. The molecule has 5 atom stereocenters. The van der Waals surface area contributed by atoms with E-state index in [1.54, 1.807) is 14.1 Å². The second-order valence-corrected chi connectivity index (χ2v) is 10.9. The molecule has 0 heterocycles. The van der Waals surface area contributed by atoms with Crippen LogP contribution in [-0.2, 0) is 4.74 Å². The molecule has 6 N–H and O–H groups in total. The fraction of sp³-hybridized carbons (Fsp3) is 1.00. The van der Waals surface area contributed by atoms with Gasteiger partial charge in [0.2, 0.25) is 0 Å². The van der Waals surface area contributed by atoms with Crippen molar-refractivity contribution in [2.75, 3.05) is 47.0 Å². The number of rotatable bonds is 25. The van der Waals surface area contributed by atoms with E-state index in [-0.39, 0.29) is 17.6 Å². The normalized spacial score (nSPS) is 16.7. The van der Waals surface area contributed by atoms with Crippen molar-refractivity contribution in [1.82, 2.24) is 0 Å². The summed E-state index contributed by atoms with van der Waals surface area (Å²) in [6.07, 6.45) is 11.5. The molecular weight excluding hydrogens is 450 g/mol. The van der Waals surface area contributed by atoms with Crippen LogP contribution >= 0.6 is 0 Å². The van der Waals surface area contributed by atoms with Crippen LogP contribution in [0.15, 0.2) is 0 Å². The van der Waals surface area contributed by atoms with Crippen molar-refractivity contribution in [1.29, 1.82) is 0 Å². The summed E-state index contributed by atoms with van der Waals surface area (Å²) in [6.45, 7) is 2.75. The molecule has 0 aromatic heterocycles. The molecule has 0 bridgehead atoms. The van der Waals surface area contributed by atoms with Gasteiger partial charge in [0.15, 0.2) is 0 Å². The van der Waals surface area contributed by atoms with Crippen LogP contribution in [0.4, 0.5) is 0 Å². The number of aliphatic hydroxyl groups is 6. The number of aliphatic hydroxyl groups excluding tert-OH is 6. The summed E-state index contributed by atoms with van der Waals surface area (Å²) >= 11 is 0. The zero-order valence-electron chi connectivity index (χ0n) is 22.9. The highest BCUT2D eigenvalue weighted by Gasteiger charge is 2.34. The number of likely N-dealkylation sites (N-methyl/N-ethyl adjacent to an activating group) is 1. The predicted molar refractivity (Wildman–Crippen MR) is 140 cm³/mol. The van der Waals surface area contributed by atoms with Gasteiger partial charge in [0.1, 0.15) is 43.6 Å². The average Bonchev–Trinajstić information content (AvgIpc) is 2.81. The molecule has 35 heavy (non-hydrogen) atoms. The van der Waals surface area contributed by atoms with E-state index in [0.29, 0.717) is 13.2 Å². The lowest BCUT2D eigenvalue weighted by Gasteiger charge is -2.35. The van der Waals surface area contributed by atoms with Gasteiger partial charge in [-0.15, -0.1) is 0 Å². The Hall–Kier alpha value is -0.320. The second kappa shape index (κ2) is 21.7. The monoisotopic (exact) mass is 508 g/mol. The molecule has 212 valence electrons. The third kappa shape index (κ3) is 19.5. The second-order valence-electron chi connectivity index (χ2n) is 10.9. The quantitative estimate of drug-likeness (QED) is 0.0824. The topological polar surface area (TPSA) is 131 Å². The van der Waals surface area contributed by atoms with Gasteiger partial charge in [-0.05, 0) is 6.42 Å².